The first-order valence-electron chi connectivity index (χ1n) is 10.9. The molecule has 0 heterocycles. The Morgan fingerprint density at radius 2 is 1.81 bits per heavy atom. The summed E-state index contributed by atoms with van der Waals surface area (Å²) in [6.07, 6.45) is 2.77. The van der Waals surface area contributed by atoms with Gasteiger partial charge in [0.05, 0.1) is 12.0 Å². The molecule has 3 rings (SSSR count). The van der Waals surface area contributed by atoms with Crippen molar-refractivity contribution in [2.24, 2.45) is 5.92 Å². The van der Waals surface area contributed by atoms with Crippen molar-refractivity contribution >= 4 is 27.3 Å². The Labute approximate surface area is 191 Å². The minimum atomic E-state index is -3.76. The summed E-state index contributed by atoms with van der Waals surface area (Å²) in [5.74, 6) is 0.906. The molecule has 2 aromatic carbocycles. The fourth-order valence-electron chi connectivity index (χ4n) is 3.60. The summed E-state index contributed by atoms with van der Waals surface area (Å²) in [6, 6.07) is 11.8. The second-order valence-corrected chi connectivity index (χ2v) is 10.2. The van der Waals surface area contributed by atoms with Gasteiger partial charge in [-0.3, -0.25) is 9.52 Å². The third kappa shape index (κ3) is 5.54. The van der Waals surface area contributed by atoms with Gasteiger partial charge in [-0.2, -0.15) is 0 Å². The highest BCUT2D eigenvalue weighted by atomic mass is 32.2. The third-order valence-corrected chi connectivity index (χ3v) is 7.25. The molecule has 1 aliphatic rings. The second-order valence-electron chi connectivity index (χ2n) is 8.52. The molecule has 0 bridgehead atoms. The molecule has 8 heteroatoms. The number of hydrogen-bond donors (Lipinski definition) is 1. The summed E-state index contributed by atoms with van der Waals surface area (Å²) >= 11 is 0. The first-order chi connectivity index (χ1) is 15.2. The lowest BCUT2D eigenvalue weighted by molar-refractivity contribution is -0.135. The van der Waals surface area contributed by atoms with Crippen LogP contribution in [0.25, 0.3) is 0 Å². The summed E-state index contributed by atoms with van der Waals surface area (Å²) < 4.78 is 33.5. The van der Waals surface area contributed by atoms with Crippen LogP contribution < -0.4 is 14.4 Å². The Morgan fingerprint density at radius 3 is 2.34 bits per heavy atom. The standard InChI is InChI=1S/C24H33N3O4S/c1-6-17(2)27(24(28)18-7-8-18)16-19-15-20(9-14-23(19)26(3)4)25-32(29,30)22-12-10-21(31-5)11-13-22/h9-15,17-18,25H,6-8,16H2,1-5H3/t17-/m0/s1. The zero-order valence-electron chi connectivity index (χ0n) is 19.5. The third-order valence-electron chi connectivity index (χ3n) is 5.86. The Bertz CT molecular complexity index is 1050. The number of hydrogen-bond acceptors (Lipinski definition) is 5. The van der Waals surface area contributed by atoms with E-state index in [1.165, 1.54) is 19.2 Å². The van der Waals surface area contributed by atoms with Gasteiger partial charge in [0.1, 0.15) is 5.75 Å². The fraction of sp³-hybridized carbons (Fsp3) is 0.458. The smallest absolute Gasteiger partial charge is 0.261 e. The van der Waals surface area contributed by atoms with E-state index in [2.05, 4.69) is 18.6 Å². The predicted molar refractivity (Wildman–Crippen MR) is 128 cm³/mol. The molecular weight excluding hydrogens is 426 g/mol. The first-order valence-corrected chi connectivity index (χ1v) is 12.4. The normalized spacial score (nSPS) is 14.5. The summed E-state index contributed by atoms with van der Waals surface area (Å²) in [6.45, 7) is 4.58. The molecule has 1 aliphatic carbocycles. The van der Waals surface area contributed by atoms with E-state index < -0.39 is 10.0 Å². The lowest BCUT2D eigenvalue weighted by Gasteiger charge is -2.31. The highest BCUT2D eigenvalue weighted by molar-refractivity contribution is 7.92. The van der Waals surface area contributed by atoms with Gasteiger partial charge in [0.15, 0.2) is 0 Å². The number of ether oxygens (including phenoxy) is 1. The molecule has 32 heavy (non-hydrogen) atoms. The van der Waals surface area contributed by atoms with E-state index in [1.807, 2.05) is 36.0 Å². The molecule has 1 atom stereocenters. The maximum Gasteiger partial charge on any atom is 0.261 e. The Morgan fingerprint density at radius 1 is 1.16 bits per heavy atom. The van der Waals surface area contributed by atoms with Gasteiger partial charge in [0.2, 0.25) is 5.91 Å². The Balaban J connectivity index is 1.90. The summed E-state index contributed by atoms with van der Waals surface area (Å²) in [5.41, 5.74) is 2.32. The van der Waals surface area contributed by atoms with Crippen LogP contribution in [0.5, 0.6) is 5.75 Å². The van der Waals surface area contributed by atoms with Gasteiger partial charge < -0.3 is 14.5 Å². The Hall–Kier alpha value is -2.74. The predicted octanol–water partition coefficient (Wildman–Crippen LogP) is 4.10. The van der Waals surface area contributed by atoms with Crippen LogP contribution in [0, 0.1) is 5.92 Å². The van der Waals surface area contributed by atoms with E-state index in [1.54, 1.807) is 18.2 Å². The number of nitrogens with one attached hydrogen (secondary N) is 1. The molecule has 1 N–H and O–H groups in total. The molecule has 0 spiro atoms. The lowest BCUT2D eigenvalue weighted by atomic mass is 10.1. The van der Waals surface area contributed by atoms with E-state index in [9.17, 15) is 13.2 Å². The number of nitrogens with zero attached hydrogens (tertiary/aromatic N) is 2. The van der Waals surface area contributed by atoms with Crippen molar-refractivity contribution in [3.63, 3.8) is 0 Å². The molecule has 1 amide bonds. The zero-order chi connectivity index (χ0) is 23.5. The number of sulfonamides is 1. The quantitative estimate of drug-likeness (QED) is 0.579. The molecule has 0 saturated heterocycles. The van der Waals surface area contributed by atoms with Gasteiger partial charge >= 0.3 is 0 Å². The molecule has 1 saturated carbocycles. The van der Waals surface area contributed by atoms with Gasteiger partial charge in [0, 0.05) is 44.0 Å². The maximum absolute atomic E-state index is 12.9. The minimum absolute atomic E-state index is 0.109. The molecule has 174 valence electrons. The SMILES string of the molecule is CC[C@H](C)N(Cc1cc(NS(=O)(=O)c2ccc(OC)cc2)ccc1N(C)C)C(=O)C1CC1. The molecule has 0 aromatic heterocycles. The van der Waals surface area contributed by atoms with E-state index in [4.69, 9.17) is 4.74 Å². The number of methoxy groups -OCH3 is 1. The van der Waals surface area contributed by atoms with Crippen LogP contribution >= 0.6 is 0 Å². The maximum atomic E-state index is 12.9. The number of anilines is 2. The number of benzene rings is 2. The summed E-state index contributed by atoms with van der Waals surface area (Å²) in [5, 5.41) is 0. The minimum Gasteiger partial charge on any atom is -0.497 e. The topological polar surface area (TPSA) is 79.0 Å². The van der Waals surface area contributed by atoms with Crippen molar-refractivity contribution in [3.8, 4) is 5.75 Å². The molecule has 1 fully saturated rings. The lowest BCUT2D eigenvalue weighted by Crippen LogP contribution is -2.39. The average Bonchev–Trinajstić information content (AvgIpc) is 3.61. The van der Waals surface area contributed by atoms with E-state index in [0.717, 1.165) is 30.5 Å². The van der Waals surface area contributed by atoms with Crippen molar-refractivity contribution in [2.75, 3.05) is 30.8 Å². The largest absolute Gasteiger partial charge is 0.497 e. The van der Waals surface area contributed by atoms with Crippen LogP contribution in [0.4, 0.5) is 11.4 Å². The van der Waals surface area contributed by atoms with Gasteiger partial charge in [-0.05, 0) is 74.2 Å². The monoisotopic (exact) mass is 459 g/mol. The van der Waals surface area contributed by atoms with Crippen LogP contribution in [0.2, 0.25) is 0 Å². The molecule has 0 radical (unpaired) electrons. The van der Waals surface area contributed by atoms with Crippen molar-refractivity contribution in [1.82, 2.24) is 4.90 Å². The molecule has 0 unspecified atom stereocenters. The van der Waals surface area contributed by atoms with Gasteiger partial charge in [-0.1, -0.05) is 6.92 Å². The zero-order valence-corrected chi connectivity index (χ0v) is 20.3. The van der Waals surface area contributed by atoms with Crippen LogP contribution in [0.15, 0.2) is 47.4 Å². The first kappa shape index (κ1) is 23.9. The summed E-state index contributed by atoms with van der Waals surface area (Å²) in [4.78, 5) is 17.0. The van der Waals surface area contributed by atoms with Crippen LogP contribution in [0.1, 0.15) is 38.7 Å². The van der Waals surface area contributed by atoms with Gasteiger partial charge in [-0.25, -0.2) is 8.42 Å². The number of carbonyl (C=O) groups is 1. The van der Waals surface area contributed by atoms with Crippen molar-refractivity contribution in [2.45, 2.75) is 50.6 Å². The highest BCUT2D eigenvalue weighted by Gasteiger charge is 2.35. The van der Waals surface area contributed by atoms with Gasteiger partial charge in [-0.15, -0.1) is 0 Å². The number of amides is 1. The highest BCUT2D eigenvalue weighted by Crippen LogP contribution is 2.34. The van der Waals surface area contributed by atoms with Crippen LogP contribution in [0.3, 0.4) is 0 Å². The van der Waals surface area contributed by atoms with Crippen LogP contribution in [-0.4, -0.2) is 46.5 Å². The average molecular weight is 460 g/mol. The Kier molecular flexibility index (Phi) is 7.33. The molecule has 7 nitrogen and oxygen atoms in total. The van der Waals surface area contributed by atoms with E-state index >= 15 is 0 Å². The molecular formula is C24H33N3O4S. The van der Waals surface area contributed by atoms with Crippen molar-refractivity contribution < 1.29 is 17.9 Å². The van der Waals surface area contributed by atoms with Crippen molar-refractivity contribution in [1.29, 1.82) is 0 Å². The fourth-order valence-corrected chi connectivity index (χ4v) is 4.65. The summed E-state index contributed by atoms with van der Waals surface area (Å²) in [7, 11) is 1.66. The molecule has 0 aliphatic heterocycles. The van der Waals surface area contributed by atoms with Gasteiger partial charge in [0.25, 0.3) is 10.0 Å². The van der Waals surface area contributed by atoms with Crippen molar-refractivity contribution in [3.05, 3.63) is 48.0 Å². The second kappa shape index (κ2) is 9.81. The molecule has 2 aromatic rings. The van der Waals surface area contributed by atoms with Crippen LogP contribution in [-0.2, 0) is 21.4 Å². The number of carbonyl (C=O) groups excluding carboxylic acids is 1. The van der Waals surface area contributed by atoms with E-state index in [-0.39, 0.29) is 22.8 Å². The van der Waals surface area contributed by atoms with E-state index in [0.29, 0.717) is 18.0 Å². The number of rotatable bonds is 10.